The molecule has 0 aliphatic heterocycles. The van der Waals surface area contributed by atoms with Gasteiger partial charge < -0.3 is 10.4 Å². The molecule has 1 aliphatic rings. The summed E-state index contributed by atoms with van der Waals surface area (Å²) in [6.45, 7) is 1.99. The summed E-state index contributed by atoms with van der Waals surface area (Å²) in [5.74, 6) is 0. The van der Waals surface area contributed by atoms with E-state index in [2.05, 4.69) is 10.6 Å². The number of amides is 2. The second-order valence-electron chi connectivity index (χ2n) is 4.96. The number of carbonyl (C=O) groups is 1. The minimum Gasteiger partial charge on any atom is -0.386 e. The summed E-state index contributed by atoms with van der Waals surface area (Å²) in [5.41, 5.74) is 2.00. The molecule has 1 aromatic heterocycles. The van der Waals surface area contributed by atoms with Crippen LogP contribution < -0.4 is 10.6 Å². The summed E-state index contributed by atoms with van der Waals surface area (Å²) in [6.07, 6.45) is 0.0239. The van der Waals surface area contributed by atoms with Gasteiger partial charge in [-0.1, -0.05) is 24.3 Å². The molecule has 3 N–H and O–H groups in total. The number of fused-ring (bicyclic) bond motifs is 1. The predicted molar refractivity (Wildman–Crippen MR) is 80.1 cm³/mol. The lowest BCUT2D eigenvalue weighted by atomic mass is 10.1. The number of thiophene rings is 1. The molecular formula is C15H16N2O2S. The molecule has 20 heavy (non-hydrogen) atoms. The first kappa shape index (κ1) is 13.1. The highest BCUT2D eigenvalue weighted by atomic mass is 32.1. The third kappa shape index (κ3) is 2.55. The minimum atomic E-state index is -0.637. The molecule has 2 atom stereocenters. The molecule has 1 aromatic carbocycles. The fraction of sp³-hybridized carbons (Fsp3) is 0.267. The van der Waals surface area contributed by atoms with Crippen molar-refractivity contribution in [1.29, 1.82) is 0 Å². The van der Waals surface area contributed by atoms with Crippen molar-refractivity contribution in [3.8, 4) is 0 Å². The molecule has 2 aromatic rings. The number of aryl methyl sites for hydroxylation is 1. The summed E-state index contributed by atoms with van der Waals surface area (Å²) in [5, 5.41) is 16.7. The largest absolute Gasteiger partial charge is 0.386 e. The van der Waals surface area contributed by atoms with Gasteiger partial charge in [0.1, 0.15) is 0 Å². The molecule has 3 rings (SSSR count). The molecule has 104 valence electrons. The molecule has 0 unspecified atom stereocenters. The second kappa shape index (κ2) is 5.26. The number of hydrogen-bond donors (Lipinski definition) is 3. The lowest BCUT2D eigenvalue weighted by Crippen LogP contribution is -2.40. The van der Waals surface area contributed by atoms with Crippen LogP contribution in [0, 0.1) is 6.92 Å². The number of urea groups is 1. The first-order chi connectivity index (χ1) is 9.63. The fourth-order valence-electron chi connectivity index (χ4n) is 2.52. The van der Waals surface area contributed by atoms with E-state index in [9.17, 15) is 9.90 Å². The third-order valence-electron chi connectivity index (χ3n) is 3.49. The Morgan fingerprint density at radius 3 is 2.80 bits per heavy atom. The molecule has 0 fully saturated rings. The number of anilines is 1. The summed E-state index contributed by atoms with van der Waals surface area (Å²) in [7, 11) is 0. The summed E-state index contributed by atoms with van der Waals surface area (Å²) in [4.78, 5) is 13.1. The SMILES string of the molecule is Cc1ccc(NC(=O)N[C@@H]2Cc3ccccc3[C@H]2O)s1. The van der Waals surface area contributed by atoms with Gasteiger partial charge in [-0.2, -0.15) is 0 Å². The van der Waals surface area contributed by atoms with Gasteiger partial charge in [-0.05, 0) is 36.6 Å². The first-order valence-electron chi connectivity index (χ1n) is 6.53. The monoisotopic (exact) mass is 288 g/mol. The molecule has 1 aliphatic carbocycles. The fourth-order valence-corrected chi connectivity index (χ4v) is 3.28. The van der Waals surface area contributed by atoms with Gasteiger partial charge in [0.05, 0.1) is 17.1 Å². The van der Waals surface area contributed by atoms with Crippen molar-refractivity contribution in [3.63, 3.8) is 0 Å². The predicted octanol–water partition coefficient (Wildman–Crippen LogP) is 2.84. The van der Waals surface area contributed by atoms with Crippen LogP contribution in [0.15, 0.2) is 36.4 Å². The van der Waals surface area contributed by atoms with Crippen molar-refractivity contribution in [3.05, 3.63) is 52.4 Å². The van der Waals surface area contributed by atoms with Crippen LogP contribution in [0.4, 0.5) is 9.80 Å². The van der Waals surface area contributed by atoms with E-state index in [0.717, 1.165) is 21.0 Å². The third-order valence-corrected chi connectivity index (χ3v) is 4.40. The van der Waals surface area contributed by atoms with Gasteiger partial charge in [0.15, 0.2) is 0 Å². The van der Waals surface area contributed by atoms with Crippen LogP contribution in [0.1, 0.15) is 22.1 Å². The molecule has 0 bridgehead atoms. The number of hydrogen-bond acceptors (Lipinski definition) is 3. The van der Waals surface area contributed by atoms with E-state index in [1.807, 2.05) is 43.3 Å². The maximum Gasteiger partial charge on any atom is 0.320 e. The molecule has 4 nitrogen and oxygen atoms in total. The Morgan fingerprint density at radius 2 is 2.10 bits per heavy atom. The number of aliphatic hydroxyl groups excluding tert-OH is 1. The van der Waals surface area contributed by atoms with Crippen molar-refractivity contribution in [2.24, 2.45) is 0 Å². The van der Waals surface area contributed by atoms with Gasteiger partial charge in [-0.3, -0.25) is 5.32 Å². The molecule has 0 radical (unpaired) electrons. The quantitative estimate of drug-likeness (QED) is 0.795. The Morgan fingerprint density at radius 1 is 1.30 bits per heavy atom. The van der Waals surface area contributed by atoms with Crippen molar-refractivity contribution in [2.45, 2.75) is 25.5 Å². The number of carbonyl (C=O) groups excluding carboxylic acids is 1. The van der Waals surface area contributed by atoms with Crippen LogP contribution in [0.5, 0.6) is 0 Å². The van der Waals surface area contributed by atoms with Crippen molar-refractivity contribution in [2.75, 3.05) is 5.32 Å². The summed E-state index contributed by atoms with van der Waals surface area (Å²) in [6, 6.07) is 11.0. The van der Waals surface area contributed by atoms with Gasteiger partial charge in [0.25, 0.3) is 0 Å². The van der Waals surface area contributed by atoms with Crippen LogP contribution in [0.2, 0.25) is 0 Å². The number of nitrogens with one attached hydrogen (secondary N) is 2. The van der Waals surface area contributed by atoms with Gasteiger partial charge in [-0.15, -0.1) is 11.3 Å². The highest BCUT2D eigenvalue weighted by Gasteiger charge is 2.31. The van der Waals surface area contributed by atoms with E-state index in [1.165, 1.54) is 11.3 Å². The minimum absolute atomic E-state index is 0.270. The maximum atomic E-state index is 11.9. The van der Waals surface area contributed by atoms with Crippen LogP contribution >= 0.6 is 11.3 Å². The standard InChI is InChI=1S/C15H16N2O2S/c1-9-6-7-13(20-9)17-15(19)16-12-8-10-4-2-3-5-11(10)14(12)18/h2-7,12,14,18H,8H2,1H3,(H2,16,17,19)/t12-,14-/m1/s1. The zero-order valence-corrected chi connectivity index (χ0v) is 11.9. The van der Waals surface area contributed by atoms with Gasteiger partial charge in [-0.25, -0.2) is 4.79 Å². The highest BCUT2D eigenvalue weighted by molar-refractivity contribution is 7.16. The van der Waals surface area contributed by atoms with E-state index in [-0.39, 0.29) is 12.1 Å². The molecule has 0 spiro atoms. The normalized spacial score (nSPS) is 20.5. The Balaban J connectivity index is 1.63. The van der Waals surface area contributed by atoms with Crippen molar-refractivity contribution in [1.82, 2.24) is 5.32 Å². The molecule has 2 amide bonds. The van der Waals surface area contributed by atoms with E-state index in [4.69, 9.17) is 0 Å². The maximum absolute atomic E-state index is 11.9. The average molecular weight is 288 g/mol. The Bertz CT molecular complexity index is 638. The van der Waals surface area contributed by atoms with E-state index < -0.39 is 6.10 Å². The Kier molecular flexibility index (Phi) is 3.46. The number of benzene rings is 1. The molecular weight excluding hydrogens is 272 g/mol. The highest BCUT2D eigenvalue weighted by Crippen LogP contribution is 2.31. The molecule has 5 heteroatoms. The van der Waals surface area contributed by atoms with E-state index >= 15 is 0 Å². The zero-order valence-electron chi connectivity index (χ0n) is 11.1. The topological polar surface area (TPSA) is 61.4 Å². The summed E-state index contributed by atoms with van der Waals surface area (Å²) >= 11 is 1.53. The van der Waals surface area contributed by atoms with Crippen LogP contribution in [0.25, 0.3) is 0 Å². The van der Waals surface area contributed by atoms with Crippen LogP contribution in [-0.4, -0.2) is 17.2 Å². The first-order valence-corrected chi connectivity index (χ1v) is 7.35. The average Bonchev–Trinajstić information content (AvgIpc) is 2.95. The van der Waals surface area contributed by atoms with Gasteiger partial charge >= 0.3 is 6.03 Å². The number of aliphatic hydroxyl groups is 1. The molecule has 0 saturated heterocycles. The Labute approximate surface area is 121 Å². The lowest BCUT2D eigenvalue weighted by Gasteiger charge is -2.17. The number of rotatable bonds is 2. The summed E-state index contributed by atoms with van der Waals surface area (Å²) < 4.78 is 0. The molecule has 1 heterocycles. The van der Waals surface area contributed by atoms with Crippen LogP contribution in [0.3, 0.4) is 0 Å². The zero-order chi connectivity index (χ0) is 14.1. The lowest BCUT2D eigenvalue weighted by molar-refractivity contribution is 0.145. The van der Waals surface area contributed by atoms with E-state index in [0.29, 0.717) is 6.42 Å². The molecule has 0 saturated carbocycles. The smallest absolute Gasteiger partial charge is 0.320 e. The van der Waals surface area contributed by atoms with E-state index in [1.54, 1.807) is 0 Å². The van der Waals surface area contributed by atoms with Gasteiger partial charge in [0, 0.05) is 4.88 Å². The van der Waals surface area contributed by atoms with Gasteiger partial charge in [0.2, 0.25) is 0 Å². The van der Waals surface area contributed by atoms with Crippen molar-refractivity contribution >= 4 is 22.4 Å². The second-order valence-corrected chi connectivity index (χ2v) is 6.25. The Hall–Kier alpha value is -1.85. The van der Waals surface area contributed by atoms with Crippen LogP contribution in [-0.2, 0) is 6.42 Å². The van der Waals surface area contributed by atoms with Crippen molar-refractivity contribution < 1.29 is 9.90 Å².